The highest BCUT2D eigenvalue weighted by atomic mass is 15.2. The Labute approximate surface area is 93.2 Å². The molecule has 0 spiro atoms. The molecule has 0 saturated carbocycles. The first kappa shape index (κ1) is 10.5. The molecule has 82 valence electrons. The van der Waals surface area contributed by atoms with E-state index in [1.165, 1.54) is 25.0 Å². The fraction of sp³-hybridized carbons (Fsp3) is 0.571. The first-order valence-electron chi connectivity index (χ1n) is 5.99. The van der Waals surface area contributed by atoms with Crippen molar-refractivity contribution in [2.45, 2.75) is 32.2 Å². The molecular formula is C14H21N. The molecule has 1 saturated heterocycles. The summed E-state index contributed by atoms with van der Waals surface area (Å²) < 4.78 is 0. The second-order valence-corrected chi connectivity index (χ2v) is 4.72. The Balaban J connectivity index is 2.08. The monoisotopic (exact) mass is 203 g/mol. The molecule has 0 aromatic carbocycles. The topological polar surface area (TPSA) is 3.24 Å². The highest BCUT2D eigenvalue weighted by molar-refractivity contribution is 5.17. The van der Waals surface area contributed by atoms with Crippen LogP contribution in [0.3, 0.4) is 0 Å². The van der Waals surface area contributed by atoms with Crippen molar-refractivity contribution in [1.29, 1.82) is 0 Å². The normalized spacial score (nSPS) is 35.2. The summed E-state index contributed by atoms with van der Waals surface area (Å²) in [6.07, 6.45) is 12.7. The summed E-state index contributed by atoms with van der Waals surface area (Å²) >= 11 is 0. The molecule has 0 aromatic rings. The van der Waals surface area contributed by atoms with Gasteiger partial charge in [0.2, 0.25) is 0 Å². The van der Waals surface area contributed by atoms with Gasteiger partial charge in [0.1, 0.15) is 0 Å². The molecule has 0 radical (unpaired) electrons. The smallest absolute Gasteiger partial charge is 0.0355 e. The molecule has 0 bridgehead atoms. The largest absolute Gasteiger partial charge is 0.375 e. The average Bonchev–Trinajstić information content (AvgIpc) is 2.57. The molecular weight excluding hydrogens is 182 g/mol. The van der Waals surface area contributed by atoms with E-state index >= 15 is 0 Å². The second kappa shape index (κ2) is 4.26. The molecule has 3 atom stereocenters. The van der Waals surface area contributed by atoms with Gasteiger partial charge in [-0.25, -0.2) is 0 Å². The Morgan fingerprint density at radius 2 is 2.27 bits per heavy atom. The highest BCUT2D eigenvalue weighted by Gasteiger charge is 2.35. The summed E-state index contributed by atoms with van der Waals surface area (Å²) in [5.74, 6) is 1.40. The van der Waals surface area contributed by atoms with Gasteiger partial charge in [0.05, 0.1) is 0 Å². The van der Waals surface area contributed by atoms with Crippen LogP contribution >= 0.6 is 0 Å². The molecule has 1 aliphatic carbocycles. The van der Waals surface area contributed by atoms with Crippen molar-refractivity contribution in [3.8, 4) is 0 Å². The van der Waals surface area contributed by atoms with E-state index in [9.17, 15) is 0 Å². The summed E-state index contributed by atoms with van der Waals surface area (Å²) in [7, 11) is 2.20. The fourth-order valence-corrected chi connectivity index (χ4v) is 2.84. The fourth-order valence-electron chi connectivity index (χ4n) is 2.84. The Hall–Kier alpha value is -0.980. The number of allylic oxidation sites excluding steroid dienone is 4. The van der Waals surface area contributed by atoms with Gasteiger partial charge in [-0.05, 0) is 25.2 Å². The molecule has 0 aromatic heterocycles. The van der Waals surface area contributed by atoms with Crippen LogP contribution in [0, 0.1) is 11.8 Å². The van der Waals surface area contributed by atoms with Crippen LogP contribution in [0.2, 0.25) is 0 Å². The standard InChI is InChI=1S/C14H21N/c1-4-12-10-14(15(3)11(12)2)13-8-6-5-7-9-13/h5-8,12-14H,2,4,9-10H2,1,3H3. The predicted molar refractivity (Wildman–Crippen MR) is 65.5 cm³/mol. The third kappa shape index (κ3) is 1.88. The average molecular weight is 203 g/mol. The Morgan fingerprint density at radius 1 is 1.47 bits per heavy atom. The van der Waals surface area contributed by atoms with Gasteiger partial charge in [0.25, 0.3) is 0 Å². The zero-order valence-electron chi connectivity index (χ0n) is 9.82. The summed E-state index contributed by atoms with van der Waals surface area (Å²) in [6, 6.07) is 0.670. The van der Waals surface area contributed by atoms with Crippen LogP contribution in [0.4, 0.5) is 0 Å². The maximum absolute atomic E-state index is 4.22. The molecule has 1 fully saturated rings. The van der Waals surface area contributed by atoms with Crippen molar-refractivity contribution >= 4 is 0 Å². The first-order valence-corrected chi connectivity index (χ1v) is 5.99. The van der Waals surface area contributed by atoms with E-state index in [4.69, 9.17) is 0 Å². The van der Waals surface area contributed by atoms with Crippen molar-refractivity contribution in [2.75, 3.05) is 7.05 Å². The zero-order valence-corrected chi connectivity index (χ0v) is 9.82. The van der Waals surface area contributed by atoms with Crippen molar-refractivity contribution in [1.82, 2.24) is 4.90 Å². The van der Waals surface area contributed by atoms with Gasteiger partial charge in [-0.3, -0.25) is 0 Å². The number of hydrogen-bond acceptors (Lipinski definition) is 1. The lowest BCUT2D eigenvalue weighted by Crippen LogP contribution is -2.30. The van der Waals surface area contributed by atoms with Gasteiger partial charge in [-0.2, -0.15) is 0 Å². The van der Waals surface area contributed by atoms with Crippen LogP contribution in [0.1, 0.15) is 26.2 Å². The van der Waals surface area contributed by atoms with Gasteiger partial charge in [0, 0.05) is 24.7 Å². The lowest BCUT2D eigenvalue weighted by Gasteiger charge is -2.29. The van der Waals surface area contributed by atoms with Crippen molar-refractivity contribution in [2.24, 2.45) is 11.8 Å². The number of nitrogens with zero attached hydrogens (tertiary/aromatic N) is 1. The van der Waals surface area contributed by atoms with Gasteiger partial charge >= 0.3 is 0 Å². The van der Waals surface area contributed by atoms with E-state index in [0.717, 1.165) is 0 Å². The SMILES string of the molecule is C=C1C(CC)CC(C2C=CC=CC2)N1C. The summed E-state index contributed by atoms with van der Waals surface area (Å²) in [6.45, 7) is 6.48. The first-order chi connectivity index (χ1) is 7.24. The van der Waals surface area contributed by atoms with Crippen LogP contribution < -0.4 is 0 Å². The third-order valence-corrected chi connectivity index (χ3v) is 3.95. The minimum Gasteiger partial charge on any atom is -0.375 e. The predicted octanol–water partition coefficient (Wildman–Crippen LogP) is 3.36. The molecule has 1 heteroatoms. The molecule has 0 N–H and O–H groups in total. The van der Waals surface area contributed by atoms with Gasteiger partial charge in [-0.15, -0.1) is 0 Å². The van der Waals surface area contributed by atoms with Crippen LogP contribution in [-0.4, -0.2) is 18.0 Å². The maximum Gasteiger partial charge on any atom is 0.0355 e. The zero-order chi connectivity index (χ0) is 10.8. The van der Waals surface area contributed by atoms with E-state index in [1.807, 2.05) is 0 Å². The van der Waals surface area contributed by atoms with Crippen LogP contribution in [0.15, 0.2) is 36.6 Å². The van der Waals surface area contributed by atoms with Gasteiger partial charge in [0.15, 0.2) is 0 Å². The molecule has 1 aliphatic heterocycles. The van der Waals surface area contributed by atoms with Crippen LogP contribution in [0.25, 0.3) is 0 Å². The molecule has 2 rings (SSSR count). The van der Waals surface area contributed by atoms with E-state index in [0.29, 0.717) is 17.9 Å². The molecule has 0 amide bonds. The summed E-state index contributed by atoms with van der Waals surface area (Å²) in [5, 5.41) is 0. The Morgan fingerprint density at radius 3 is 2.80 bits per heavy atom. The maximum atomic E-state index is 4.22. The third-order valence-electron chi connectivity index (χ3n) is 3.95. The molecule has 2 aliphatic rings. The minimum absolute atomic E-state index is 0.670. The lowest BCUT2D eigenvalue weighted by atomic mass is 9.89. The van der Waals surface area contributed by atoms with Gasteiger partial charge < -0.3 is 4.90 Å². The van der Waals surface area contributed by atoms with Crippen molar-refractivity contribution < 1.29 is 0 Å². The number of likely N-dealkylation sites (tertiary alicyclic amines) is 1. The van der Waals surface area contributed by atoms with Crippen molar-refractivity contribution in [3.63, 3.8) is 0 Å². The molecule has 1 nitrogen and oxygen atoms in total. The van der Waals surface area contributed by atoms with Crippen LogP contribution in [-0.2, 0) is 0 Å². The molecule has 1 heterocycles. The highest BCUT2D eigenvalue weighted by Crippen LogP contribution is 2.38. The number of hydrogen-bond donors (Lipinski definition) is 0. The van der Waals surface area contributed by atoms with Crippen LogP contribution in [0.5, 0.6) is 0 Å². The minimum atomic E-state index is 0.670. The van der Waals surface area contributed by atoms with Gasteiger partial charge in [-0.1, -0.05) is 37.8 Å². The van der Waals surface area contributed by atoms with E-state index in [-0.39, 0.29) is 0 Å². The second-order valence-electron chi connectivity index (χ2n) is 4.72. The quantitative estimate of drug-likeness (QED) is 0.665. The molecule has 15 heavy (non-hydrogen) atoms. The van der Waals surface area contributed by atoms with E-state index in [1.54, 1.807) is 0 Å². The Kier molecular flexibility index (Phi) is 2.99. The summed E-state index contributed by atoms with van der Waals surface area (Å²) in [4.78, 5) is 2.41. The summed E-state index contributed by atoms with van der Waals surface area (Å²) in [5.41, 5.74) is 1.34. The van der Waals surface area contributed by atoms with E-state index < -0.39 is 0 Å². The lowest BCUT2D eigenvalue weighted by molar-refractivity contribution is 0.286. The number of rotatable bonds is 2. The Bertz CT molecular complexity index is 300. The molecule has 3 unspecified atom stereocenters. The van der Waals surface area contributed by atoms with E-state index in [2.05, 4.69) is 49.8 Å². The van der Waals surface area contributed by atoms with Crippen molar-refractivity contribution in [3.05, 3.63) is 36.6 Å².